The van der Waals surface area contributed by atoms with E-state index in [0.717, 1.165) is 16.6 Å². The number of para-hydroxylation sites is 1. The first kappa shape index (κ1) is 11.7. The Morgan fingerprint density at radius 1 is 1.29 bits per heavy atom. The summed E-state index contributed by atoms with van der Waals surface area (Å²) in [6.07, 6.45) is 0.636. The van der Waals surface area contributed by atoms with Gasteiger partial charge in [-0.05, 0) is 26.1 Å². The number of Topliss-reactive ketones (excluding diaryl/α,β-unsaturated/α-hetero) is 1. The molecule has 0 aliphatic rings. The minimum absolute atomic E-state index is 0.141. The fraction of sp³-hybridized carbons (Fsp3) is 0.286. The summed E-state index contributed by atoms with van der Waals surface area (Å²) in [5, 5.41) is 4.13. The number of pyridine rings is 1. The van der Waals surface area contributed by atoms with E-state index >= 15 is 0 Å². The van der Waals surface area contributed by atoms with E-state index in [1.807, 2.05) is 36.4 Å². The van der Waals surface area contributed by atoms with Gasteiger partial charge in [-0.25, -0.2) is 0 Å². The number of benzene rings is 1. The van der Waals surface area contributed by atoms with Gasteiger partial charge >= 0.3 is 0 Å². The predicted octanol–water partition coefficient (Wildman–Crippen LogP) is 1.95. The lowest BCUT2D eigenvalue weighted by molar-refractivity contribution is -0.118. The minimum atomic E-state index is -0.149. The molecule has 0 aliphatic heterocycles. The second kappa shape index (κ2) is 5.06. The first-order chi connectivity index (χ1) is 8.20. The third-order valence-electron chi connectivity index (χ3n) is 2.91. The predicted molar refractivity (Wildman–Crippen MR) is 69.0 cm³/mol. The van der Waals surface area contributed by atoms with Crippen molar-refractivity contribution >= 4 is 16.7 Å². The van der Waals surface area contributed by atoms with Crippen LogP contribution in [0.5, 0.6) is 0 Å². The van der Waals surface area contributed by atoms with E-state index in [4.69, 9.17) is 0 Å². The molecule has 1 aromatic heterocycles. The first-order valence-electron chi connectivity index (χ1n) is 5.73. The molecule has 88 valence electrons. The van der Waals surface area contributed by atoms with Crippen molar-refractivity contribution in [1.29, 1.82) is 0 Å². The molecular weight excluding hydrogens is 212 g/mol. The molecule has 2 rings (SSSR count). The summed E-state index contributed by atoms with van der Waals surface area (Å²) in [6, 6.07) is 11.9. The third kappa shape index (κ3) is 2.68. The molecular formula is C14H16N2O. The summed E-state index contributed by atoms with van der Waals surface area (Å²) >= 11 is 0. The number of hydrogen-bond donors (Lipinski definition) is 1. The Labute approximate surface area is 101 Å². The lowest BCUT2D eigenvalue weighted by Gasteiger charge is -2.12. The molecule has 1 atom stereocenters. The molecule has 0 radical (unpaired) electrons. The van der Waals surface area contributed by atoms with Crippen LogP contribution in [-0.4, -0.2) is 23.9 Å². The van der Waals surface area contributed by atoms with E-state index in [1.165, 1.54) is 0 Å². The molecule has 0 spiro atoms. The van der Waals surface area contributed by atoms with Gasteiger partial charge in [-0.15, -0.1) is 0 Å². The van der Waals surface area contributed by atoms with Crippen LogP contribution in [0.15, 0.2) is 36.4 Å². The monoisotopic (exact) mass is 228 g/mol. The van der Waals surface area contributed by atoms with Crippen LogP contribution in [0, 0.1) is 0 Å². The van der Waals surface area contributed by atoms with Crippen LogP contribution < -0.4 is 5.32 Å². The Hall–Kier alpha value is -1.74. The highest BCUT2D eigenvalue weighted by Gasteiger charge is 2.12. The number of aromatic nitrogens is 1. The molecule has 2 aromatic rings. The topological polar surface area (TPSA) is 42.0 Å². The molecule has 0 amide bonds. The fourth-order valence-electron chi connectivity index (χ4n) is 1.88. The number of carbonyl (C=O) groups is 1. The van der Waals surface area contributed by atoms with Gasteiger partial charge in [-0.1, -0.05) is 24.3 Å². The smallest absolute Gasteiger partial charge is 0.147 e. The van der Waals surface area contributed by atoms with Crippen molar-refractivity contribution in [3.05, 3.63) is 42.1 Å². The standard InChI is InChI=1S/C14H16N2O/c1-10(17)14(15-2)9-12-8-7-11-5-3-4-6-13(11)16-12/h3-8,14-15H,9H2,1-2H3. The van der Waals surface area contributed by atoms with Crippen LogP contribution >= 0.6 is 0 Å². The summed E-state index contributed by atoms with van der Waals surface area (Å²) in [5.74, 6) is 0.141. The second-order valence-electron chi connectivity index (χ2n) is 4.15. The molecule has 1 N–H and O–H groups in total. The fourth-order valence-corrected chi connectivity index (χ4v) is 1.88. The van der Waals surface area contributed by atoms with Gasteiger partial charge in [0.25, 0.3) is 0 Å². The van der Waals surface area contributed by atoms with E-state index in [0.29, 0.717) is 6.42 Å². The van der Waals surface area contributed by atoms with Crippen molar-refractivity contribution in [3.63, 3.8) is 0 Å². The van der Waals surface area contributed by atoms with Crippen LogP contribution in [0.25, 0.3) is 10.9 Å². The first-order valence-corrected chi connectivity index (χ1v) is 5.73. The summed E-state index contributed by atoms with van der Waals surface area (Å²) in [4.78, 5) is 15.9. The van der Waals surface area contributed by atoms with Crippen molar-refractivity contribution in [2.75, 3.05) is 7.05 Å². The van der Waals surface area contributed by atoms with E-state index in [9.17, 15) is 4.79 Å². The van der Waals surface area contributed by atoms with Gasteiger partial charge in [0, 0.05) is 17.5 Å². The van der Waals surface area contributed by atoms with Crippen molar-refractivity contribution in [1.82, 2.24) is 10.3 Å². The summed E-state index contributed by atoms with van der Waals surface area (Å²) < 4.78 is 0. The van der Waals surface area contributed by atoms with Crippen molar-refractivity contribution in [2.24, 2.45) is 0 Å². The quantitative estimate of drug-likeness (QED) is 0.869. The maximum atomic E-state index is 11.4. The third-order valence-corrected chi connectivity index (χ3v) is 2.91. The van der Waals surface area contributed by atoms with Gasteiger partial charge in [-0.3, -0.25) is 9.78 Å². The highest BCUT2D eigenvalue weighted by Crippen LogP contribution is 2.12. The number of likely N-dealkylation sites (N-methyl/N-ethyl adjacent to an activating group) is 1. The largest absolute Gasteiger partial charge is 0.310 e. The van der Waals surface area contributed by atoms with Crippen LogP contribution in [-0.2, 0) is 11.2 Å². The lowest BCUT2D eigenvalue weighted by Crippen LogP contribution is -2.34. The highest BCUT2D eigenvalue weighted by atomic mass is 16.1. The molecule has 17 heavy (non-hydrogen) atoms. The average Bonchev–Trinajstić information content (AvgIpc) is 2.35. The zero-order valence-electron chi connectivity index (χ0n) is 10.1. The molecule has 3 heteroatoms. The summed E-state index contributed by atoms with van der Waals surface area (Å²) in [5.41, 5.74) is 1.92. The van der Waals surface area contributed by atoms with E-state index in [-0.39, 0.29) is 11.8 Å². The van der Waals surface area contributed by atoms with Crippen molar-refractivity contribution in [2.45, 2.75) is 19.4 Å². The maximum Gasteiger partial charge on any atom is 0.147 e. The molecule has 0 saturated carbocycles. The van der Waals surface area contributed by atoms with E-state index in [1.54, 1.807) is 14.0 Å². The molecule has 1 unspecified atom stereocenters. The Bertz CT molecular complexity index is 536. The average molecular weight is 228 g/mol. The SMILES string of the molecule is CNC(Cc1ccc2ccccc2n1)C(C)=O. The number of nitrogens with zero attached hydrogens (tertiary/aromatic N) is 1. The minimum Gasteiger partial charge on any atom is -0.310 e. The molecule has 0 bridgehead atoms. The Morgan fingerprint density at radius 3 is 2.76 bits per heavy atom. The number of nitrogens with one attached hydrogen (secondary N) is 1. The zero-order chi connectivity index (χ0) is 12.3. The van der Waals surface area contributed by atoms with Gasteiger partial charge < -0.3 is 5.32 Å². The number of rotatable bonds is 4. The molecule has 3 nitrogen and oxygen atoms in total. The molecule has 1 heterocycles. The number of ketones is 1. The number of fused-ring (bicyclic) bond motifs is 1. The van der Waals surface area contributed by atoms with Gasteiger partial charge in [0.2, 0.25) is 0 Å². The van der Waals surface area contributed by atoms with Crippen LogP contribution in [0.2, 0.25) is 0 Å². The van der Waals surface area contributed by atoms with Gasteiger partial charge in [0.15, 0.2) is 0 Å². The lowest BCUT2D eigenvalue weighted by atomic mass is 10.1. The normalized spacial score (nSPS) is 12.6. The Balaban J connectivity index is 2.27. The number of carbonyl (C=O) groups excluding carboxylic acids is 1. The van der Waals surface area contributed by atoms with Crippen molar-refractivity contribution < 1.29 is 4.79 Å². The summed E-state index contributed by atoms with van der Waals surface area (Å²) in [6.45, 7) is 1.60. The molecule has 0 fully saturated rings. The highest BCUT2D eigenvalue weighted by molar-refractivity contribution is 5.82. The summed E-state index contributed by atoms with van der Waals surface area (Å²) in [7, 11) is 1.80. The molecule has 1 aromatic carbocycles. The van der Waals surface area contributed by atoms with Gasteiger partial charge in [-0.2, -0.15) is 0 Å². The van der Waals surface area contributed by atoms with E-state index in [2.05, 4.69) is 10.3 Å². The van der Waals surface area contributed by atoms with Gasteiger partial charge in [0.1, 0.15) is 5.78 Å². The van der Waals surface area contributed by atoms with Crippen molar-refractivity contribution in [3.8, 4) is 0 Å². The maximum absolute atomic E-state index is 11.4. The Kier molecular flexibility index (Phi) is 3.49. The number of hydrogen-bond acceptors (Lipinski definition) is 3. The zero-order valence-corrected chi connectivity index (χ0v) is 10.1. The molecule has 0 saturated heterocycles. The van der Waals surface area contributed by atoms with Gasteiger partial charge in [0.05, 0.1) is 11.6 Å². The second-order valence-corrected chi connectivity index (χ2v) is 4.15. The molecule has 0 aliphatic carbocycles. The van der Waals surface area contributed by atoms with Crippen LogP contribution in [0.4, 0.5) is 0 Å². The van der Waals surface area contributed by atoms with Crippen LogP contribution in [0.3, 0.4) is 0 Å². The Morgan fingerprint density at radius 2 is 2.06 bits per heavy atom. The van der Waals surface area contributed by atoms with Crippen LogP contribution in [0.1, 0.15) is 12.6 Å². The van der Waals surface area contributed by atoms with E-state index < -0.39 is 0 Å².